The summed E-state index contributed by atoms with van der Waals surface area (Å²) < 4.78 is 12.0. The van der Waals surface area contributed by atoms with Crippen LogP contribution in [0.5, 0.6) is 11.5 Å². The third-order valence-electron chi connectivity index (χ3n) is 3.42. The smallest absolute Gasteiger partial charge is 0.266 e. The molecule has 2 N–H and O–H groups in total. The molecule has 22 heavy (non-hydrogen) atoms. The number of nitrogens with zero attached hydrogens (tertiary/aromatic N) is 2. The minimum absolute atomic E-state index is 0.125. The van der Waals surface area contributed by atoms with Crippen molar-refractivity contribution in [1.82, 2.24) is 9.78 Å². The maximum atomic E-state index is 11.7. The van der Waals surface area contributed by atoms with Crippen LogP contribution in [0.15, 0.2) is 35.1 Å². The maximum Gasteiger partial charge on any atom is 0.266 e. The van der Waals surface area contributed by atoms with Gasteiger partial charge in [-0.05, 0) is 24.6 Å². The molecule has 0 amide bonds. The topological polar surface area (TPSA) is 79.4 Å². The summed E-state index contributed by atoms with van der Waals surface area (Å²) in [6, 6.07) is 8.11. The van der Waals surface area contributed by atoms with E-state index in [0.717, 1.165) is 12.0 Å². The van der Waals surface area contributed by atoms with Gasteiger partial charge >= 0.3 is 0 Å². The number of hydrogen-bond donors (Lipinski definition) is 1. The lowest BCUT2D eigenvalue weighted by Crippen LogP contribution is -2.26. The van der Waals surface area contributed by atoms with Crippen LogP contribution in [0, 0.1) is 0 Å². The molecule has 2 aromatic rings. The molecule has 118 valence electrons. The molecule has 6 heteroatoms. The van der Waals surface area contributed by atoms with Crippen molar-refractivity contribution in [2.45, 2.75) is 25.9 Å². The van der Waals surface area contributed by atoms with Crippen LogP contribution in [-0.4, -0.2) is 24.0 Å². The Kier molecular flexibility index (Phi) is 5.16. The third kappa shape index (κ3) is 3.28. The summed E-state index contributed by atoms with van der Waals surface area (Å²) in [4.78, 5) is 11.7. The van der Waals surface area contributed by atoms with E-state index >= 15 is 0 Å². The molecule has 1 unspecified atom stereocenters. The Morgan fingerprint density at radius 2 is 2.00 bits per heavy atom. The molecule has 1 aromatic carbocycles. The molecule has 0 aliphatic heterocycles. The Morgan fingerprint density at radius 3 is 2.64 bits per heavy atom. The third-order valence-corrected chi connectivity index (χ3v) is 3.42. The largest absolute Gasteiger partial charge is 0.497 e. The summed E-state index contributed by atoms with van der Waals surface area (Å²) in [5, 5.41) is 4.35. The Labute approximate surface area is 129 Å². The van der Waals surface area contributed by atoms with Gasteiger partial charge < -0.3 is 15.2 Å². The molecule has 2 rings (SSSR count). The molecular weight excluding hydrogens is 282 g/mol. The highest BCUT2D eigenvalue weighted by Gasteiger charge is 2.17. The lowest BCUT2D eigenvalue weighted by molar-refractivity contribution is 0.389. The fourth-order valence-corrected chi connectivity index (χ4v) is 2.24. The minimum Gasteiger partial charge on any atom is -0.497 e. The first kappa shape index (κ1) is 16.0. The predicted molar refractivity (Wildman–Crippen MR) is 84.4 cm³/mol. The summed E-state index contributed by atoms with van der Waals surface area (Å²) in [5.74, 6) is 1.32. The van der Waals surface area contributed by atoms with Gasteiger partial charge in [-0.25, -0.2) is 4.68 Å². The van der Waals surface area contributed by atoms with Crippen LogP contribution in [0.4, 0.5) is 0 Å². The number of aromatic nitrogens is 2. The normalized spacial score (nSPS) is 12.0. The standard InChI is InChI=1S/C16H21N3O3/c1-4-9-19-15(20)8-7-13(18-19)16(17)12-6-5-11(21-2)10-14(12)22-3/h5-8,10,16H,4,9,17H2,1-3H3. The molecule has 0 saturated heterocycles. The average Bonchev–Trinajstić information content (AvgIpc) is 2.55. The van der Waals surface area contributed by atoms with E-state index in [1.54, 1.807) is 26.4 Å². The monoisotopic (exact) mass is 303 g/mol. The highest BCUT2D eigenvalue weighted by molar-refractivity contribution is 5.44. The van der Waals surface area contributed by atoms with Crippen molar-refractivity contribution in [1.29, 1.82) is 0 Å². The second-order valence-electron chi connectivity index (χ2n) is 4.91. The van der Waals surface area contributed by atoms with Crippen LogP contribution in [0.1, 0.15) is 30.6 Å². The van der Waals surface area contributed by atoms with E-state index in [4.69, 9.17) is 15.2 Å². The lowest BCUT2D eigenvalue weighted by atomic mass is 10.0. The number of nitrogens with two attached hydrogens (primary N) is 1. The zero-order chi connectivity index (χ0) is 16.1. The van der Waals surface area contributed by atoms with E-state index in [2.05, 4.69) is 5.10 Å². The highest BCUT2D eigenvalue weighted by Crippen LogP contribution is 2.30. The van der Waals surface area contributed by atoms with Crippen molar-refractivity contribution in [2.24, 2.45) is 5.73 Å². The fourth-order valence-electron chi connectivity index (χ4n) is 2.24. The van der Waals surface area contributed by atoms with E-state index in [0.29, 0.717) is 23.7 Å². The Balaban J connectivity index is 2.41. The molecule has 0 radical (unpaired) electrons. The summed E-state index contributed by atoms with van der Waals surface area (Å²) in [6.45, 7) is 2.56. The van der Waals surface area contributed by atoms with Crippen molar-refractivity contribution in [3.63, 3.8) is 0 Å². The molecule has 0 aliphatic rings. The van der Waals surface area contributed by atoms with Crippen LogP contribution in [-0.2, 0) is 6.54 Å². The zero-order valence-electron chi connectivity index (χ0n) is 13.1. The number of aryl methyl sites for hydroxylation is 1. The van der Waals surface area contributed by atoms with Crippen molar-refractivity contribution < 1.29 is 9.47 Å². The number of rotatable bonds is 6. The minimum atomic E-state index is -0.482. The molecule has 1 aromatic heterocycles. The number of hydrogen-bond acceptors (Lipinski definition) is 5. The molecule has 1 atom stereocenters. The van der Waals surface area contributed by atoms with Gasteiger partial charge in [0.25, 0.3) is 5.56 Å². The van der Waals surface area contributed by atoms with E-state index in [9.17, 15) is 4.79 Å². The summed E-state index contributed by atoms with van der Waals surface area (Å²) in [6.07, 6.45) is 0.831. The fraction of sp³-hybridized carbons (Fsp3) is 0.375. The van der Waals surface area contributed by atoms with Gasteiger partial charge in [-0.15, -0.1) is 0 Å². The first-order valence-electron chi connectivity index (χ1n) is 7.16. The SMILES string of the molecule is CCCn1nc(C(N)c2ccc(OC)cc2OC)ccc1=O. The quantitative estimate of drug-likeness (QED) is 0.879. The first-order chi connectivity index (χ1) is 10.6. The van der Waals surface area contributed by atoms with Crippen molar-refractivity contribution >= 4 is 0 Å². The van der Waals surface area contributed by atoms with Crippen LogP contribution < -0.4 is 20.8 Å². The summed E-state index contributed by atoms with van der Waals surface area (Å²) in [7, 11) is 3.17. The Bertz CT molecular complexity index is 697. The van der Waals surface area contributed by atoms with E-state index in [-0.39, 0.29) is 5.56 Å². The van der Waals surface area contributed by atoms with Crippen molar-refractivity contribution in [3.8, 4) is 11.5 Å². The predicted octanol–water partition coefficient (Wildman–Crippen LogP) is 1.72. The van der Waals surface area contributed by atoms with E-state index in [1.165, 1.54) is 10.7 Å². The number of methoxy groups -OCH3 is 2. The molecule has 1 heterocycles. The zero-order valence-corrected chi connectivity index (χ0v) is 13.1. The van der Waals surface area contributed by atoms with Gasteiger partial charge in [-0.2, -0.15) is 5.10 Å². The number of benzene rings is 1. The van der Waals surface area contributed by atoms with Crippen LogP contribution in [0.3, 0.4) is 0 Å². The van der Waals surface area contributed by atoms with Crippen molar-refractivity contribution in [2.75, 3.05) is 14.2 Å². The maximum absolute atomic E-state index is 11.7. The number of ether oxygens (including phenoxy) is 2. The molecular formula is C16H21N3O3. The van der Waals surface area contributed by atoms with Gasteiger partial charge in [0.1, 0.15) is 11.5 Å². The van der Waals surface area contributed by atoms with Gasteiger partial charge in [-0.3, -0.25) is 4.79 Å². The molecule has 0 spiro atoms. The first-order valence-corrected chi connectivity index (χ1v) is 7.16. The van der Waals surface area contributed by atoms with Gasteiger partial charge in [0.15, 0.2) is 0 Å². The molecule has 0 saturated carbocycles. The second-order valence-corrected chi connectivity index (χ2v) is 4.91. The Hall–Kier alpha value is -2.34. The molecule has 0 bridgehead atoms. The lowest BCUT2D eigenvalue weighted by Gasteiger charge is -2.17. The van der Waals surface area contributed by atoms with Gasteiger partial charge in [-0.1, -0.05) is 6.92 Å². The van der Waals surface area contributed by atoms with Crippen LogP contribution in [0.2, 0.25) is 0 Å². The van der Waals surface area contributed by atoms with Crippen molar-refractivity contribution in [3.05, 3.63) is 51.9 Å². The van der Waals surface area contributed by atoms with E-state index < -0.39 is 6.04 Å². The van der Waals surface area contributed by atoms with Gasteiger partial charge in [0.2, 0.25) is 0 Å². The van der Waals surface area contributed by atoms with Crippen LogP contribution in [0.25, 0.3) is 0 Å². The molecule has 6 nitrogen and oxygen atoms in total. The molecule has 0 fully saturated rings. The van der Waals surface area contributed by atoms with E-state index in [1.807, 2.05) is 19.1 Å². The Morgan fingerprint density at radius 1 is 1.23 bits per heavy atom. The summed E-state index contributed by atoms with van der Waals surface area (Å²) >= 11 is 0. The molecule has 0 aliphatic carbocycles. The highest BCUT2D eigenvalue weighted by atomic mass is 16.5. The van der Waals surface area contributed by atoms with Gasteiger partial charge in [0.05, 0.1) is 26.0 Å². The summed E-state index contributed by atoms with van der Waals surface area (Å²) in [5.41, 5.74) is 7.59. The van der Waals surface area contributed by atoms with Crippen LogP contribution >= 0.6 is 0 Å². The second kappa shape index (κ2) is 7.09. The average molecular weight is 303 g/mol. The van der Waals surface area contributed by atoms with Gasteiger partial charge in [0, 0.05) is 24.2 Å².